The van der Waals surface area contributed by atoms with Crippen molar-refractivity contribution >= 4 is 45.0 Å². The third-order valence-electron chi connectivity index (χ3n) is 7.63. The van der Waals surface area contributed by atoms with Crippen molar-refractivity contribution in [2.24, 2.45) is 0 Å². The maximum absolute atomic E-state index is 12.7. The highest BCUT2D eigenvalue weighted by Gasteiger charge is 2.14. The summed E-state index contributed by atoms with van der Waals surface area (Å²) < 4.78 is 12.7. The number of benzene rings is 5. The van der Waals surface area contributed by atoms with E-state index in [9.17, 15) is 4.57 Å². The summed E-state index contributed by atoms with van der Waals surface area (Å²) in [6.07, 6.45) is 1.82. The fourth-order valence-corrected chi connectivity index (χ4v) is 6.41. The van der Waals surface area contributed by atoms with Gasteiger partial charge in [-0.15, -0.1) is 0 Å². The standard InChI is InChI=1S/C36H27N2OP/c1-40(2,39)29-9-5-7-28(23-29)31-20-19-30(32-10-3-4-11-33(31)32)24-12-14-25(15-13-24)34-21-18-27-17-16-26-8-6-22-37-35(26)36(27)38-34/h3-23H,1-2H3. The highest BCUT2D eigenvalue weighted by Crippen LogP contribution is 2.39. The molecule has 0 fully saturated rings. The van der Waals surface area contributed by atoms with Crippen LogP contribution in [-0.4, -0.2) is 23.3 Å². The minimum Gasteiger partial charge on any atom is -0.319 e. The van der Waals surface area contributed by atoms with Crippen LogP contribution in [0.3, 0.4) is 0 Å². The Morgan fingerprint density at radius 2 is 1.20 bits per heavy atom. The molecule has 3 nitrogen and oxygen atoms in total. The Kier molecular flexibility index (Phi) is 5.84. The van der Waals surface area contributed by atoms with Gasteiger partial charge in [-0.1, -0.05) is 103 Å². The van der Waals surface area contributed by atoms with Gasteiger partial charge in [0.2, 0.25) is 0 Å². The van der Waals surface area contributed by atoms with E-state index in [4.69, 9.17) is 4.98 Å². The summed E-state index contributed by atoms with van der Waals surface area (Å²) >= 11 is 0. The number of rotatable bonds is 4. The van der Waals surface area contributed by atoms with Crippen molar-refractivity contribution in [3.63, 3.8) is 0 Å². The summed E-state index contributed by atoms with van der Waals surface area (Å²) in [4.78, 5) is 9.61. The molecule has 0 saturated heterocycles. The van der Waals surface area contributed by atoms with Crippen LogP contribution in [0.2, 0.25) is 0 Å². The predicted octanol–water partition coefficient (Wildman–Crippen LogP) is 9.19. The van der Waals surface area contributed by atoms with Gasteiger partial charge in [-0.05, 0) is 64.6 Å². The molecule has 5 aromatic carbocycles. The molecule has 0 spiro atoms. The molecular weight excluding hydrogens is 507 g/mol. The molecule has 0 saturated carbocycles. The average molecular weight is 535 g/mol. The molecule has 4 heteroatoms. The van der Waals surface area contributed by atoms with Gasteiger partial charge in [-0.3, -0.25) is 4.98 Å². The van der Waals surface area contributed by atoms with Crippen LogP contribution in [0.1, 0.15) is 0 Å². The molecule has 2 aromatic heterocycles. The van der Waals surface area contributed by atoms with Gasteiger partial charge < -0.3 is 4.57 Å². The van der Waals surface area contributed by atoms with Crippen LogP contribution in [0.25, 0.3) is 66.1 Å². The van der Waals surface area contributed by atoms with Crippen LogP contribution in [0, 0.1) is 0 Å². The van der Waals surface area contributed by atoms with Crippen molar-refractivity contribution in [3.05, 3.63) is 128 Å². The lowest BCUT2D eigenvalue weighted by atomic mass is 9.91. The summed E-state index contributed by atoms with van der Waals surface area (Å²) in [6, 6.07) is 42.1. The summed E-state index contributed by atoms with van der Waals surface area (Å²) in [7, 11) is -2.35. The third kappa shape index (κ3) is 4.29. The largest absolute Gasteiger partial charge is 0.319 e. The molecule has 192 valence electrons. The Hall–Kier alpha value is -4.59. The van der Waals surface area contributed by atoms with Crippen molar-refractivity contribution in [2.45, 2.75) is 0 Å². The smallest absolute Gasteiger partial charge is 0.109 e. The van der Waals surface area contributed by atoms with E-state index < -0.39 is 7.14 Å². The maximum atomic E-state index is 12.7. The zero-order chi connectivity index (χ0) is 27.3. The molecule has 0 N–H and O–H groups in total. The van der Waals surface area contributed by atoms with Gasteiger partial charge in [0, 0.05) is 27.8 Å². The van der Waals surface area contributed by atoms with Gasteiger partial charge in [0.25, 0.3) is 0 Å². The fraction of sp³-hybridized carbons (Fsp3) is 0.0556. The van der Waals surface area contributed by atoms with Crippen LogP contribution in [0.5, 0.6) is 0 Å². The minimum absolute atomic E-state index is 0.903. The molecule has 0 bridgehead atoms. The SMILES string of the molecule is CP(C)(=O)c1cccc(-c2ccc(-c3ccc(-c4ccc5ccc6cccnc6c5n4)cc3)c3ccccc23)c1. The van der Waals surface area contributed by atoms with Crippen LogP contribution in [0.4, 0.5) is 0 Å². The topological polar surface area (TPSA) is 42.9 Å². The van der Waals surface area contributed by atoms with Gasteiger partial charge in [-0.25, -0.2) is 4.98 Å². The van der Waals surface area contributed by atoms with E-state index in [1.165, 1.54) is 16.3 Å². The lowest BCUT2D eigenvalue weighted by Crippen LogP contribution is -2.02. The molecule has 0 amide bonds. The fourth-order valence-electron chi connectivity index (χ4n) is 5.52. The molecule has 0 aliphatic heterocycles. The number of hydrogen-bond donors (Lipinski definition) is 0. The maximum Gasteiger partial charge on any atom is 0.109 e. The molecule has 0 atom stereocenters. The number of pyridine rings is 2. The lowest BCUT2D eigenvalue weighted by molar-refractivity contribution is 0.588. The second-order valence-corrected chi connectivity index (χ2v) is 13.8. The first kappa shape index (κ1) is 24.5. The van der Waals surface area contributed by atoms with E-state index in [1.54, 1.807) is 0 Å². The lowest BCUT2D eigenvalue weighted by Gasteiger charge is -2.14. The number of fused-ring (bicyclic) bond motifs is 4. The van der Waals surface area contributed by atoms with Gasteiger partial charge >= 0.3 is 0 Å². The highest BCUT2D eigenvalue weighted by molar-refractivity contribution is 7.70. The van der Waals surface area contributed by atoms with Crippen molar-refractivity contribution in [3.8, 4) is 33.5 Å². The van der Waals surface area contributed by atoms with E-state index in [2.05, 4.69) is 108 Å². The van der Waals surface area contributed by atoms with Crippen molar-refractivity contribution < 1.29 is 4.57 Å². The third-order valence-corrected chi connectivity index (χ3v) is 9.15. The van der Waals surface area contributed by atoms with Crippen LogP contribution < -0.4 is 5.30 Å². The van der Waals surface area contributed by atoms with E-state index in [1.807, 2.05) is 37.7 Å². The van der Waals surface area contributed by atoms with Crippen molar-refractivity contribution in [1.29, 1.82) is 0 Å². The van der Waals surface area contributed by atoms with Crippen LogP contribution in [-0.2, 0) is 4.57 Å². The summed E-state index contributed by atoms with van der Waals surface area (Å²) in [6.45, 7) is 3.65. The normalized spacial score (nSPS) is 11.8. The Morgan fingerprint density at radius 1 is 0.550 bits per heavy atom. The Morgan fingerprint density at radius 3 is 1.93 bits per heavy atom. The molecule has 0 aliphatic rings. The average Bonchev–Trinajstić information content (AvgIpc) is 3.00. The predicted molar refractivity (Wildman–Crippen MR) is 170 cm³/mol. The number of hydrogen-bond acceptors (Lipinski definition) is 3. The first-order valence-corrected chi connectivity index (χ1v) is 16.0. The van der Waals surface area contributed by atoms with Crippen molar-refractivity contribution in [2.75, 3.05) is 13.3 Å². The Labute approximate surface area is 233 Å². The van der Waals surface area contributed by atoms with Crippen LogP contribution in [0.15, 0.2) is 128 Å². The molecule has 7 rings (SSSR count). The first-order valence-electron chi connectivity index (χ1n) is 13.4. The second kappa shape index (κ2) is 9.55. The first-order chi connectivity index (χ1) is 19.5. The van der Waals surface area contributed by atoms with E-state index in [-0.39, 0.29) is 0 Å². The minimum atomic E-state index is -2.35. The van der Waals surface area contributed by atoms with Crippen molar-refractivity contribution in [1.82, 2.24) is 9.97 Å². The Bertz CT molecular complexity index is 2110. The number of nitrogens with zero attached hydrogens (tertiary/aromatic N) is 2. The molecule has 7 aromatic rings. The summed E-state index contributed by atoms with van der Waals surface area (Å²) in [5, 5.41) is 5.45. The zero-order valence-electron chi connectivity index (χ0n) is 22.4. The molecule has 2 heterocycles. The summed E-state index contributed by atoms with van der Waals surface area (Å²) in [5.74, 6) is 0. The molecule has 40 heavy (non-hydrogen) atoms. The monoisotopic (exact) mass is 534 g/mol. The van der Waals surface area contributed by atoms with Gasteiger partial charge in [0.05, 0.1) is 16.7 Å². The van der Waals surface area contributed by atoms with E-state index >= 15 is 0 Å². The summed E-state index contributed by atoms with van der Waals surface area (Å²) in [5.41, 5.74) is 8.42. The zero-order valence-corrected chi connectivity index (χ0v) is 23.3. The van der Waals surface area contributed by atoms with Gasteiger partial charge in [0.15, 0.2) is 0 Å². The molecule has 0 unspecified atom stereocenters. The molecule has 0 aliphatic carbocycles. The Balaban J connectivity index is 1.29. The highest BCUT2D eigenvalue weighted by atomic mass is 31.2. The van der Waals surface area contributed by atoms with E-state index in [0.717, 1.165) is 55.1 Å². The van der Waals surface area contributed by atoms with Crippen LogP contribution >= 0.6 is 7.14 Å². The van der Waals surface area contributed by atoms with Gasteiger partial charge in [0.1, 0.15) is 7.14 Å². The quantitative estimate of drug-likeness (QED) is 0.167. The molecule has 0 radical (unpaired) electrons. The number of aromatic nitrogens is 2. The van der Waals surface area contributed by atoms with Gasteiger partial charge in [-0.2, -0.15) is 0 Å². The second-order valence-electron chi connectivity index (χ2n) is 10.6. The molecular formula is C36H27N2OP. The van der Waals surface area contributed by atoms with E-state index in [0.29, 0.717) is 0 Å².